The highest BCUT2D eigenvalue weighted by atomic mass is 16.3. The Balaban J connectivity index is 2.48. The molecule has 0 fully saturated rings. The molecular formula is C15H17NO. The summed E-state index contributed by atoms with van der Waals surface area (Å²) in [6.07, 6.45) is 4.35. The van der Waals surface area contributed by atoms with E-state index >= 15 is 0 Å². The fourth-order valence-electron chi connectivity index (χ4n) is 2.17. The molecule has 1 aromatic heterocycles. The van der Waals surface area contributed by atoms with E-state index in [2.05, 4.69) is 32.0 Å². The number of rotatable bonds is 4. The summed E-state index contributed by atoms with van der Waals surface area (Å²) in [7, 11) is 0. The lowest BCUT2D eigenvalue weighted by Crippen LogP contribution is -1.85. The van der Waals surface area contributed by atoms with E-state index in [4.69, 9.17) is 9.68 Å². The van der Waals surface area contributed by atoms with E-state index in [0.717, 1.165) is 29.4 Å². The van der Waals surface area contributed by atoms with Gasteiger partial charge in [-0.05, 0) is 37.0 Å². The third-order valence-electron chi connectivity index (χ3n) is 3.13. The van der Waals surface area contributed by atoms with E-state index in [0.29, 0.717) is 5.76 Å². The summed E-state index contributed by atoms with van der Waals surface area (Å²) < 4.78 is 5.54. The van der Waals surface area contributed by atoms with E-state index in [1.807, 2.05) is 6.07 Å². The molecule has 0 N–H and O–H groups in total. The fraction of sp³-hybridized carbons (Fsp3) is 0.400. The van der Waals surface area contributed by atoms with Crippen LogP contribution in [0.1, 0.15) is 43.6 Å². The average molecular weight is 227 g/mol. The molecule has 0 bridgehead atoms. The molecule has 0 atom stereocenters. The van der Waals surface area contributed by atoms with Crippen LogP contribution in [-0.2, 0) is 12.8 Å². The van der Waals surface area contributed by atoms with E-state index in [1.54, 1.807) is 0 Å². The molecule has 0 unspecified atom stereocenters. The highest BCUT2D eigenvalue weighted by Crippen LogP contribution is 2.27. The molecule has 17 heavy (non-hydrogen) atoms. The Kier molecular flexibility index (Phi) is 3.49. The Bertz CT molecular complexity index is 560. The SMILES string of the molecule is CCCCc1ccc2oc(C#N)c(CC)c2c1. The van der Waals surface area contributed by atoms with E-state index in [-0.39, 0.29) is 0 Å². The Morgan fingerprint density at radius 1 is 1.29 bits per heavy atom. The third-order valence-corrected chi connectivity index (χ3v) is 3.13. The molecule has 2 nitrogen and oxygen atoms in total. The van der Waals surface area contributed by atoms with Crippen LogP contribution in [0.15, 0.2) is 22.6 Å². The Labute approximate surface area is 102 Å². The van der Waals surface area contributed by atoms with Gasteiger partial charge in [0.2, 0.25) is 5.76 Å². The van der Waals surface area contributed by atoms with E-state index < -0.39 is 0 Å². The number of unbranched alkanes of at least 4 members (excludes halogenated alkanes) is 1. The average Bonchev–Trinajstić information content (AvgIpc) is 2.72. The predicted molar refractivity (Wildman–Crippen MR) is 68.9 cm³/mol. The summed E-state index contributed by atoms with van der Waals surface area (Å²) in [6, 6.07) is 8.39. The van der Waals surface area contributed by atoms with Crippen molar-refractivity contribution in [2.45, 2.75) is 39.5 Å². The van der Waals surface area contributed by atoms with Gasteiger partial charge in [0.1, 0.15) is 11.7 Å². The van der Waals surface area contributed by atoms with Crippen molar-refractivity contribution in [1.29, 1.82) is 5.26 Å². The fourth-order valence-corrected chi connectivity index (χ4v) is 2.17. The molecule has 88 valence electrons. The number of hydrogen-bond donors (Lipinski definition) is 0. The van der Waals surface area contributed by atoms with Crippen molar-refractivity contribution in [3.05, 3.63) is 35.1 Å². The second-order valence-corrected chi connectivity index (χ2v) is 4.31. The minimum Gasteiger partial charge on any atom is -0.445 e. The van der Waals surface area contributed by atoms with Crippen molar-refractivity contribution < 1.29 is 4.42 Å². The maximum Gasteiger partial charge on any atom is 0.207 e. The molecule has 2 aromatic rings. The molecule has 1 aromatic carbocycles. The number of fused-ring (bicyclic) bond motifs is 1. The maximum atomic E-state index is 9.02. The summed E-state index contributed by atoms with van der Waals surface area (Å²) in [6.45, 7) is 4.26. The number of aryl methyl sites for hydroxylation is 2. The van der Waals surface area contributed by atoms with Crippen LogP contribution >= 0.6 is 0 Å². The quantitative estimate of drug-likeness (QED) is 0.784. The minimum absolute atomic E-state index is 0.468. The molecule has 0 aliphatic heterocycles. The van der Waals surface area contributed by atoms with Crippen molar-refractivity contribution in [1.82, 2.24) is 0 Å². The second kappa shape index (κ2) is 5.05. The topological polar surface area (TPSA) is 36.9 Å². The summed E-state index contributed by atoms with van der Waals surface area (Å²) in [4.78, 5) is 0. The first-order valence-electron chi connectivity index (χ1n) is 6.24. The molecule has 2 heteroatoms. The van der Waals surface area contributed by atoms with Gasteiger partial charge in [-0.3, -0.25) is 0 Å². The number of furan rings is 1. The van der Waals surface area contributed by atoms with Crippen molar-refractivity contribution in [2.24, 2.45) is 0 Å². The van der Waals surface area contributed by atoms with Crippen LogP contribution in [0.5, 0.6) is 0 Å². The van der Waals surface area contributed by atoms with Crippen LogP contribution in [0.4, 0.5) is 0 Å². The van der Waals surface area contributed by atoms with Crippen LogP contribution in [0, 0.1) is 11.3 Å². The number of nitrogens with zero attached hydrogens (tertiary/aromatic N) is 1. The Hall–Kier alpha value is -1.75. The minimum atomic E-state index is 0.468. The summed E-state index contributed by atoms with van der Waals surface area (Å²) >= 11 is 0. The molecule has 1 heterocycles. The van der Waals surface area contributed by atoms with Gasteiger partial charge in [-0.1, -0.05) is 26.3 Å². The summed E-state index contributed by atoms with van der Waals surface area (Å²) in [5, 5.41) is 10.1. The van der Waals surface area contributed by atoms with Crippen molar-refractivity contribution in [3.63, 3.8) is 0 Å². The zero-order chi connectivity index (χ0) is 12.3. The molecule has 0 amide bonds. The second-order valence-electron chi connectivity index (χ2n) is 4.31. The molecule has 0 spiro atoms. The molecule has 0 radical (unpaired) electrons. The van der Waals surface area contributed by atoms with Gasteiger partial charge < -0.3 is 4.42 Å². The molecule has 0 aliphatic carbocycles. The maximum absolute atomic E-state index is 9.02. The van der Waals surface area contributed by atoms with Crippen LogP contribution in [0.3, 0.4) is 0 Å². The van der Waals surface area contributed by atoms with E-state index in [9.17, 15) is 0 Å². The zero-order valence-electron chi connectivity index (χ0n) is 10.4. The van der Waals surface area contributed by atoms with Crippen LogP contribution < -0.4 is 0 Å². The standard InChI is InChI=1S/C15H17NO/c1-3-5-6-11-7-8-14-13(9-11)12(4-2)15(10-16)17-14/h7-9H,3-6H2,1-2H3. The predicted octanol–water partition coefficient (Wildman–Crippen LogP) is 4.21. The van der Waals surface area contributed by atoms with Gasteiger partial charge in [0.05, 0.1) is 0 Å². The first kappa shape index (κ1) is 11.7. The van der Waals surface area contributed by atoms with Crippen molar-refractivity contribution in [3.8, 4) is 6.07 Å². The van der Waals surface area contributed by atoms with Gasteiger partial charge in [0, 0.05) is 10.9 Å². The first-order chi connectivity index (χ1) is 8.30. The normalized spacial score (nSPS) is 10.6. The lowest BCUT2D eigenvalue weighted by atomic mass is 10.0. The highest BCUT2D eigenvalue weighted by molar-refractivity contribution is 5.84. The lowest BCUT2D eigenvalue weighted by Gasteiger charge is -2.00. The van der Waals surface area contributed by atoms with Gasteiger partial charge in [-0.25, -0.2) is 0 Å². The smallest absolute Gasteiger partial charge is 0.207 e. The summed E-state index contributed by atoms with van der Waals surface area (Å²) in [5.74, 6) is 0.468. The zero-order valence-corrected chi connectivity index (χ0v) is 10.4. The number of benzene rings is 1. The third kappa shape index (κ3) is 2.19. The van der Waals surface area contributed by atoms with E-state index in [1.165, 1.54) is 18.4 Å². The molecule has 0 aliphatic rings. The largest absolute Gasteiger partial charge is 0.445 e. The van der Waals surface area contributed by atoms with Gasteiger partial charge in [0.25, 0.3) is 0 Å². The van der Waals surface area contributed by atoms with Crippen molar-refractivity contribution >= 4 is 11.0 Å². The Morgan fingerprint density at radius 2 is 2.12 bits per heavy atom. The highest BCUT2D eigenvalue weighted by Gasteiger charge is 2.12. The molecule has 0 saturated carbocycles. The van der Waals surface area contributed by atoms with Crippen molar-refractivity contribution in [2.75, 3.05) is 0 Å². The first-order valence-corrected chi connectivity index (χ1v) is 6.24. The molecule has 2 rings (SSSR count). The van der Waals surface area contributed by atoms with Gasteiger partial charge in [-0.2, -0.15) is 5.26 Å². The molecule has 0 saturated heterocycles. The van der Waals surface area contributed by atoms with Gasteiger partial charge >= 0.3 is 0 Å². The number of hydrogen-bond acceptors (Lipinski definition) is 2. The van der Waals surface area contributed by atoms with Gasteiger partial charge in [0.15, 0.2) is 0 Å². The molecular weight excluding hydrogens is 210 g/mol. The van der Waals surface area contributed by atoms with Gasteiger partial charge in [-0.15, -0.1) is 0 Å². The Morgan fingerprint density at radius 3 is 2.76 bits per heavy atom. The number of nitriles is 1. The van der Waals surface area contributed by atoms with Crippen LogP contribution in [-0.4, -0.2) is 0 Å². The monoisotopic (exact) mass is 227 g/mol. The summed E-state index contributed by atoms with van der Waals surface area (Å²) in [5.41, 5.74) is 3.21. The lowest BCUT2D eigenvalue weighted by molar-refractivity contribution is 0.594. The van der Waals surface area contributed by atoms with Crippen LogP contribution in [0.25, 0.3) is 11.0 Å². The van der Waals surface area contributed by atoms with Crippen LogP contribution in [0.2, 0.25) is 0 Å².